The molecule has 0 atom stereocenters. The average molecular weight is 305 g/mol. The van der Waals surface area contributed by atoms with E-state index in [2.05, 4.69) is 0 Å². The molecule has 4 heteroatoms. The number of carbonyl (C=O) groups is 1. The molecule has 0 aliphatic rings. The van der Waals surface area contributed by atoms with Gasteiger partial charge in [-0.1, -0.05) is 48.0 Å². The third-order valence-electron chi connectivity index (χ3n) is 2.75. The molecule has 0 fully saturated rings. The van der Waals surface area contributed by atoms with Crippen LogP contribution in [0.2, 0.25) is 5.02 Å². The van der Waals surface area contributed by atoms with E-state index in [0.29, 0.717) is 10.8 Å². The van der Waals surface area contributed by atoms with Crippen molar-refractivity contribution in [3.8, 4) is 16.9 Å². The Balaban J connectivity index is 2.05. The maximum Gasteiger partial charge on any atom is 0.344 e. The van der Waals surface area contributed by atoms with Crippen LogP contribution < -0.4 is 4.74 Å². The van der Waals surface area contributed by atoms with E-state index in [-0.39, 0.29) is 12.7 Å². The molecule has 0 aliphatic heterocycles. The van der Waals surface area contributed by atoms with Crippen molar-refractivity contribution < 1.29 is 14.3 Å². The zero-order valence-electron chi connectivity index (χ0n) is 12.0. The number of ether oxygens (including phenoxy) is 2. The van der Waals surface area contributed by atoms with Gasteiger partial charge in [-0.15, -0.1) is 0 Å². The molecule has 0 radical (unpaired) electrons. The Morgan fingerprint density at radius 3 is 2.43 bits per heavy atom. The molecule has 21 heavy (non-hydrogen) atoms. The maximum atomic E-state index is 11.4. The highest BCUT2D eigenvalue weighted by molar-refractivity contribution is 6.32. The third kappa shape index (κ3) is 4.50. The van der Waals surface area contributed by atoms with E-state index >= 15 is 0 Å². The second-order valence-corrected chi connectivity index (χ2v) is 5.25. The normalized spacial score (nSPS) is 10.5. The van der Waals surface area contributed by atoms with Crippen molar-refractivity contribution in [1.82, 2.24) is 0 Å². The minimum atomic E-state index is -0.409. The molecule has 0 spiro atoms. The number of hydrogen-bond donors (Lipinski definition) is 0. The number of benzene rings is 2. The van der Waals surface area contributed by atoms with E-state index in [1.54, 1.807) is 19.9 Å². The average Bonchev–Trinajstić information content (AvgIpc) is 2.46. The molecule has 0 N–H and O–H groups in total. The van der Waals surface area contributed by atoms with E-state index in [1.807, 2.05) is 42.5 Å². The van der Waals surface area contributed by atoms with Crippen LogP contribution in [0.5, 0.6) is 5.75 Å². The van der Waals surface area contributed by atoms with Crippen molar-refractivity contribution in [2.24, 2.45) is 0 Å². The summed E-state index contributed by atoms with van der Waals surface area (Å²) >= 11 is 6.19. The number of hydrogen-bond acceptors (Lipinski definition) is 3. The molecule has 110 valence electrons. The van der Waals surface area contributed by atoms with E-state index in [9.17, 15) is 4.79 Å². The molecule has 2 aromatic carbocycles. The van der Waals surface area contributed by atoms with Gasteiger partial charge in [0.25, 0.3) is 0 Å². The van der Waals surface area contributed by atoms with Gasteiger partial charge in [-0.3, -0.25) is 0 Å². The van der Waals surface area contributed by atoms with Crippen molar-refractivity contribution in [1.29, 1.82) is 0 Å². The number of esters is 1. The van der Waals surface area contributed by atoms with Gasteiger partial charge < -0.3 is 9.47 Å². The first-order chi connectivity index (χ1) is 10.1. The SMILES string of the molecule is CC(C)OC(=O)COc1ccc(-c2ccccc2)cc1Cl. The highest BCUT2D eigenvalue weighted by Crippen LogP contribution is 2.30. The zero-order chi connectivity index (χ0) is 15.2. The highest BCUT2D eigenvalue weighted by atomic mass is 35.5. The van der Waals surface area contributed by atoms with Gasteiger partial charge in [-0.25, -0.2) is 4.79 Å². The lowest BCUT2D eigenvalue weighted by molar-refractivity contribution is -0.149. The standard InChI is InChI=1S/C17H17ClO3/c1-12(2)21-17(19)11-20-16-9-8-14(10-15(16)18)13-6-4-3-5-7-13/h3-10,12H,11H2,1-2H3. The largest absolute Gasteiger partial charge is 0.480 e. The second-order valence-electron chi connectivity index (χ2n) is 4.84. The van der Waals surface area contributed by atoms with Gasteiger partial charge in [0.1, 0.15) is 5.75 Å². The van der Waals surface area contributed by atoms with Crippen LogP contribution in [-0.2, 0) is 9.53 Å². The zero-order valence-corrected chi connectivity index (χ0v) is 12.8. The summed E-state index contributed by atoms with van der Waals surface area (Å²) in [6.07, 6.45) is -0.156. The molecule has 0 unspecified atom stereocenters. The first-order valence-electron chi connectivity index (χ1n) is 6.73. The Kier molecular flexibility index (Phi) is 5.23. The predicted octanol–water partition coefficient (Wildman–Crippen LogP) is 4.34. The van der Waals surface area contributed by atoms with Crippen LogP contribution in [0.3, 0.4) is 0 Å². The summed E-state index contributed by atoms with van der Waals surface area (Å²) in [5.41, 5.74) is 2.07. The third-order valence-corrected chi connectivity index (χ3v) is 3.05. The lowest BCUT2D eigenvalue weighted by Gasteiger charge is -2.11. The van der Waals surface area contributed by atoms with Gasteiger partial charge in [-0.05, 0) is 37.1 Å². The van der Waals surface area contributed by atoms with Gasteiger partial charge in [0.15, 0.2) is 6.61 Å². The molecule has 0 amide bonds. The predicted molar refractivity (Wildman–Crippen MR) is 83.6 cm³/mol. The van der Waals surface area contributed by atoms with E-state index < -0.39 is 5.97 Å². The molecular weight excluding hydrogens is 288 g/mol. The molecular formula is C17H17ClO3. The molecule has 0 heterocycles. The summed E-state index contributed by atoms with van der Waals surface area (Å²) in [5, 5.41) is 0.466. The molecule has 3 nitrogen and oxygen atoms in total. The fraction of sp³-hybridized carbons (Fsp3) is 0.235. The maximum absolute atomic E-state index is 11.4. The quantitative estimate of drug-likeness (QED) is 0.771. The van der Waals surface area contributed by atoms with Gasteiger partial charge in [-0.2, -0.15) is 0 Å². The summed E-state index contributed by atoms with van der Waals surface area (Å²) < 4.78 is 10.4. The van der Waals surface area contributed by atoms with Crippen LogP contribution in [-0.4, -0.2) is 18.7 Å². The Morgan fingerprint density at radius 1 is 1.10 bits per heavy atom. The molecule has 2 aromatic rings. The Morgan fingerprint density at radius 2 is 1.81 bits per heavy atom. The van der Waals surface area contributed by atoms with Crippen LogP contribution in [0.25, 0.3) is 11.1 Å². The van der Waals surface area contributed by atoms with Crippen molar-refractivity contribution in [3.63, 3.8) is 0 Å². The Bertz CT molecular complexity index is 609. The Hall–Kier alpha value is -2.00. The van der Waals surface area contributed by atoms with Crippen LogP contribution in [0, 0.1) is 0 Å². The van der Waals surface area contributed by atoms with Crippen LogP contribution in [0.15, 0.2) is 48.5 Å². The van der Waals surface area contributed by atoms with Crippen molar-refractivity contribution in [2.75, 3.05) is 6.61 Å². The molecule has 0 aliphatic carbocycles. The summed E-state index contributed by atoms with van der Waals surface area (Å²) in [5.74, 6) is 0.0604. The fourth-order valence-electron chi connectivity index (χ4n) is 1.86. The number of rotatable bonds is 5. The molecule has 2 rings (SSSR count). The van der Waals surface area contributed by atoms with Crippen molar-refractivity contribution >= 4 is 17.6 Å². The van der Waals surface area contributed by atoms with Gasteiger partial charge in [0.05, 0.1) is 11.1 Å². The van der Waals surface area contributed by atoms with Gasteiger partial charge in [0, 0.05) is 0 Å². The molecule has 0 bridgehead atoms. The smallest absolute Gasteiger partial charge is 0.344 e. The molecule has 0 saturated heterocycles. The van der Waals surface area contributed by atoms with Crippen molar-refractivity contribution in [3.05, 3.63) is 53.6 Å². The second kappa shape index (κ2) is 7.14. The van der Waals surface area contributed by atoms with Crippen LogP contribution in [0.1, 0.15) is 13.8 Å². The monoisotopic (exact) mass is 304 g/mol. The lowest BCUT2D eigenvalue weighted by Crippen LogP contribution is -2.18. The van der Waals surface area contributed by atoms with Gasteiger partial charge in [0.2, 0.25) is 0 Å². The molecule has 0 saturated carbocycles. The van der Waals surface area contributed by atoms with E-state index in [4.69, 9.17) is 21.1 Å². The van der Waals surface area contributed by atoms with Gasteiger partial charge >= 0.3 is 5.97 Å². The lowest BCUT2D eigenvalue weighted by atomic mass is 10.1. The van der Waals surface area contributed by atoms with E-state index in [0.717, 1.165) is 11.1 Å². The summed E-state index contributed by atoms with van der Waals surface area (Å²) in [4.78, 5) is 11.4. The number of carbonyl (C=O) groups excluding carboxylic acids is 1. The highest BCUT2D eigenvalue weighted by Gasteiger charge is 2.09. The van der Waals surface area contributed by atoms with Crippen molar-refractivity contribution in [2.45, 2.75) is 20.0 Å². The van der Waals surface area contributed by atoms with E-state index in [1.165, 1.54) is 0 Å². The molecule has 0 aromatic heterocycles. The minimum absolute atomic E-state index is 0.150. The summed E-state index contributed by atoms with van der Waals surface area (Å²) in [6.45, 7) is 3.43. The summed E-state index contributed by atoms with van der Waals surface area (Å²) in [7, 11) is 0. The Labute approximate surface area is 129 Å². The fourth-order valence-corrected chi connectivity index (χ4v) is 2.10. The van der Waals surface area contributed by atoms with Crippen LogP contribution >= 0.6 is 11.6 Å². The first kappa shape index (κ1) is 15.4. The number of halogens is 1. The topological polar surface area (TPSA) is 35.5 Å². The first-order valence-corrected chi connectivity index (χ1v) is 7.11. The van der Waals surface area contributed by atoms with Crippen LogP contribution in [0.4, 0.5) is 0 Å². The summed E-state index contributed by atoms with van der Waals surface area (Å²) in [6, 6.07) is 15.4. The minimum Gasteiger partial charge on any atom is -0.480 e.